The van der Waals surface area contributed by atoms with Crippen molar-refractivity contribution in [3.05, 3.63) is 0 Å². The number of hydrogen-bond donors (Lipinski definition) is 2. The maximum absolute atomic E-state index is 10.5. The lowest BCUT2D eigenvalue weighted by atomic mass is 10.2. The van der Waals surface area contributed by atoms with Crippen molar-refractivity contribution in [1.29, 1.82) is 0 Å². The van der Waals surface area contributed by atoms with Crippen LogP contribution in [-0.4, -0.2) is 29.2 Å². The molecule has 0 aromatic carbocycles. The van der Waals surface area contributed by atoms with E-state index >= 15 is 0 Å². The molecule has 0 amide bonds. The van der Waals surface area contributed by atoms with Crippen LogP contribution in [0.1, 0.15) is 6.42 Å². The van der Waals surface area contributed by atoms with Crippen LogP contribution in [0.25, 0.3) is 0 Å². The van der Waals surface area contributed by atoms with Crippen LogP contribution >= 0.6 is 0 Å². The monoisotopic (exact) mass is 145 g/mol. The van der Waals surface area contributed by atoms with Crippen LogP contribution in [0.15, 0.2) is 0 Å². The van der Waals surface area contributed by atoms with Gasteiger partial charge >= 0.3 is 11.9 Å². The van der Waals surface area contributed by atoms with E-state index in [0.29, 0.717) is 0 Å². The molecular formula is C5H7NO4. The van der Waals surface area contributed by atoms with Crippen molar-refractivity contribution < 1.29 is 19.4 Å². The summed E-state index contributed by atoms with van der Waals surface area (Å²) in [5, 5.41) is 8.32. The molecule has 0 aromatic rings. The van der Waals surface area contributed by atoms with Crippen LogP contribution in [0.2, 0.25) is 0 Å². The van der Waals surface area contributed by atoms with Crippen LogP contribution in [0.4, 0.5) is 0 Å². The molecule has 5 heteroatoms. The Balaban J connectivity index is 2.57. The van der Waals surface area contributed by atoms with E-state index in [2.05, 4.69) is 4.74 Å². The van der Waals surface area contributed by atoms with E-state index in [9.17, 15) is 9.59 Å². The molecule has 0 spiro atoms. The minimum absolute atomic E-state index is 0.0775. The van der Waals surface area contributed by atoms with Gasteiger partial charge in [-0.15, -0.1) is 0 Å². The number of rotatable bonds is 1. The van der Waals surface area contributed by atoms with Gasteiger partial charge < -0.3 is 15.6 Å². The van der Waals surface area contributed by atoms with Gasteiger partial charge in [-0.25, -0.2) is 4.79 Å². The highest BCUT2D eigenvalue weighted by Crippen LogP contribution is 2.12. The summed E-state index contributed by atoms with van der Waals surface area (Å²) < 4.78 is 4.37. The average Bonchev–Trinajstić information content (AvgIpc) is 2.13. The molecule has 1 heterocycles. The van der Waals surface area contributed by atoms with E-state index in [1.165, 1.54) is 0 Å². The van der Waals surface area contributed by atoms with Crippen LogP contribution in [0.3, 0.4) is 0 Å². The van der Waals surface area contributed by atoms with Gasteiger partial charge in [0.15, 0.2) is 0 Å². The molecule has 0 aromatic heterocycles. The van der Waals surface area contributed by atoms with Crippen molar-refractivity contribution in [2.75, 3.05) is 0 Å². The number of carboxylic acids is 1. The van der Waals surface area contributed by atoms with Crippen molar-refractivity contribution in [2.45, 2.75) is 18.6 Å². The first kappa shape index (κ1) is 7.01. The Labute approximate surface area is 56.8 Å². The third-order valence-corrected chi connectivity index (χ3v) is 1.30. The summed E-state index contributed by atoms with van der Waals surface area (Å²) in [4.78, 5) is 20.6. The predicted molar refractivity (Wildman–Crippen MR) is 30.1 cm³/mol. The molecule has 0 saturated carbocycles. The Morgan fingerprint density at radius 2 is 2.40 bits per heavy atom. The second-order valence-electron chi connectivity index (χ2n) is 2.11. The number of esters is 1. The number of cyclic esters (lactones) is 1. The Morgan fingerprint density at radius 1 is 1.80 bits per heavy atom. The summed E-state index contributed by atoms with van der Waals surface area (Å²) >= 11 is 0. The molecule has 1 fully saturated rings. The highest BCUT2D eigenvalue weighted by atomic mass is 16.6. The predicted octanol–water partition coefficient (Wildman–Crippen LogP) is -1.29. The second kappa shape index (κ2) is 2.26. The number of hydrogen-bond acceptors (Lipinski definition) is 4. The molecular weight excluding hydrogens is 138 g/mol. The summed E-state index contributed by atoms with van der Waals surface area (Å²) in [7, 11) is 0. The molecule has 5 nitrogen and oxygen atoms in total. The second-order valence-corrected chi connectivity index (χ2v) is 2.11. The zero-order valence-corrected chi connectivity index (χ0v) is 5.11. The molecule has 0 bridgehead atoms. The molecule has 1 aliphatic rings. The lowest BCUT2D eigenvalue weighted by molar-refractivity contribution is -0.157. The summed E-state index contributed by atoms with van der Waals surface area (Å²) in [6.07, 6.45) is -0.962. The first-order valence-corrected chi connectivity index (χ1v) is 2.80. The van der Waals surface area contributed by atoms with Gasteiger partial charge in [0.2, 0.25) is 6.10 Å². The van der Waals surface area contributed by atoms with Gasteiger partial charge in [-0.2, -0.15) is 0 Å². The van der Waals surface area contributed by atoms with E-state index in [-0.39, 0.29) is 6.42 Å². The topological polar surface area (TPSA) is 89.6 Å². The lowest BCUT2D eigenvalue weighted by Gasteiger charge is -1.98. The molecule has 1 rings (SSSR count). The van der Waals surface area contributed by atoms with Gasteiger partial charge in [0.1, 0.15) is 6.04 Å². The first-order valence-electron chi connectivity index (χ1n) is 2.80. The minimum atomic E-state index is -1.14. The molecule has 2 atom stereocenters. The molecule has 0 aliphatic carbocycles. The summed E-state index contributed by atoms with van der Waals surface area (Å²) in [6, 6.07) is -0.763. The highest BCUT2D eigenvalue weighted by Gasteiger charge is 2.35. The molecule has 56 valence electrons. The summed E-state index contributed by atoms with van der Waals surface area (Å²) in [6.45, 7) is 0. The van der Waals surface area contributed by atoms with Gasteiger partial charge in [0, 0.05) is 6.42 Å². The maximum atomic E-state index is 10.5. The van der Waals surface area contributed by atoms with Crippen LogP contribution < -0.4 is 5.73 Å². The van der Waals surface area contributed by atoms with Crippen molar-refractivity contribution in [1.82, 2.24) is 0 Å². The standard InChI is InChI=1S/C5H7NO4/c6-2-1-3(4(7)8)10-5(2)9/h2-3H,1,6H2,(H,7,8)/t2-,3+/m1/s1. The van der Waals surface area contributed by atoms with Gasteiger partial charge in [0.25, 0.3) is 0 Å². The highest BCUT2D eigenvalue weighted by molar-refractivity contribution is 5.85. The van der Waals surface area contributed by atoms with Crippen LogP contribution in [0, 0.1) is 0 Å². The van der Waals surface area contributed by atoms with E-state index in [1.54, 1.807) is 0 Å². The molecule has 0 unspecified atom stereocenters. The Bertz CT molecular complexity index is 178. The van der Waals surface area contributed by atoms with Crippen molar-refractivity contribution in [3.63, 3.8) is 0 Å². The lowest BCUT2D eigenvalue weighted by Crippen LogP contribution is -2.24. The van der Waals surface area contributed by atoms with E-state index in [4.69, 9.17) is 10.8 Å². The fraction of sp³-hybridized carbons (Fsp3) is 0.600. The Hall–Kier alpha value is -1.10. The van der Waals surface area contributed by atoms with Gasteiger partial charge in [-0.05, 0) is 0 Å². The molecule has 0 radical (unpaired) electrons. The normalized spacial score (nSPS) is 31.9. The van der Waals surface area contributed by atoms with Gasteiger partial charge in [-0.3, -0.25) is 4.79 Å². The number of nitrogens with two attached hydrogens (primary N) is 1. The smallest absolute Gasteiger partial charge is 0.345 e. The number of aliphatic carboxylic acids is 1. The minimum Gasteiger partial charge on any atom is -0.479 e. The molecule has 3 N–H and O–H groups in total. The zero-order valence-electron chi connectivity index (χ0n) is 5.11. The Kier molecular flexibility index (Phi) is 1.58. The van der Waals surface area contributed by atoms with E-state index in [1.807, 2.05) is 0 Å². The van der Waals surface area contributed by atoms with E-state index < -0.39 is 24.1 Å². The largest absolute Gasteiger partial charge is 0.479 e. The number of carboxylic acid groups (broad SMARTS) is 1. The SMILES string of the molecule is N[C@@H]1C[C@@H](C(=O)O)OC1=O. The quantitative estimate of drug-likeness (QED) is 0.448. The maximum Gasteiger partial charge on any atom is 0.345 e. The van der Waals surface area contributed by atoms with Crippen molar-refractivity contribution in [2.24, 2.45) is 5.73 Å². The molecule has 10 heavy (non-hydrogen) atoms. The fourth-order valence-electron chi connectivity index (χ4n) is 0.754. The summed E-state index contributed by atoms with van der Waals surface area (Å²) in [5.74, 6) is -1.77. The van der Waals surface area contributed by atoms with Crippen LogP contribution in [-0.2, 0) is 14.3 Å². The number of carbonyl (C=O) groups is 2. The molecule has 1 aliphatic heterocycles. The van der Waals surface area contributed by atoms with Crippen molar-refractivity contribution in [3.8, 4) is 0 Å². The fourth-order valence-corrected chi connectivity index (χ4v) is 0.754. The third-order valence-electron chi connectivity index (χ3n) is 1.30. The average molecular weight is 145 g/mol. The first-order chi connectivity index (χ1) is 4.61. The van der Waals surface area contributed by atoms with Gasteiger partial charge in [-0.1, -0.05) is 0 Å². The Morgan fingerprint density at radius 3 is 2.60 bits per heavy atom. The number of ether oxygens (including phenoxy) is 1. The zero-order chi connectivity index (χ0) is 7.72. The van der Waals surface area contributed by atoms with E-state index in [0.717, 1.165) is 0 Å². The summed E-state index contributed by atoms with van der Waals surface area (Å²) in [5.41, 5.74) is 5.17. The number of carbonyl (C=O) groups excluding carboxylic acids is 1. The molecule has 1 saturated heterocycles. The van der Waals surface area contributed by atoms with Crippen LogP contribution in [0.5, 0.6) is 0 Å². The van der Waals surface area contributed by atoms with Crippen molar-refractivity contribution >= 4 is 11.9 Å². The van der Waals surface area contributed by atoms with Gasteiger partial charge in [0.05, 0.1) is 0 Å². The third kappa shape index (κ3) is 1.08.